The maximum Gasteiger partial charge on any atom is 0.313 e. The predicted octanol–water partition coefficient (Wildman–Crippen LogP) is 1.91. The van der Waals surface area contributed by atoms with Crippen molar-refractivity contribution in [3.05, 3.63) is 54.6 Å². The van der Waals surface area contributed by atoms with E-state index in [9.17, 15) is 14.4 Å². The highest BCUT2D eigenvalue weighted by atomic mass is 16.2. The zero-order valence-corrected chi connectivity index (χ0v) is 17.8. The first-order valence-electron chi connectivity index (χ1n) is 10.5. The SMILES string of the molecule is CC(=O)Nc1ccc(NC(=O)C(=O)NCCCN2CCN(c3ccccc3)CC2)cc1. The van der Waals surface area contributed by atoms with Gasteiger partial charge in [-0.1, -0.05) is 18.2 Å². The van der Waals surface area contributed by atoms with Crippen molar-refractivity contribution < 1.29 is 14.4 Å². The number of benzene rings is 2. The van der Waals surface area contributed by atoms with E-state index in [0.717, 1.165) is 39.1 Å². The Hall–Kier alpha value is -3.39. The number of piperazine rings is 1. The lowest BCUT2D eigenvalue weighted by Crippen LogP contribution is -2.47. The number of para-hydroxylation sites is 1. The highest BCUT2D eigenvalue weighted by molar-refractivity contribution is 6.39. The molecule has 8 heteroatoms. The fourth-order valence-electron chi connectivity index (χ4n) is 3.48. The molecule has 3 rings (SSSR count). The highest BCUT2D eigenvalue weighted by Crippen LogP contribution is 2.15. The Morgan fingerprint density at radius 3 is 2.03 bits per heavy atom. The molecule has 31 heavy (non-hydrogen) atoms. The average molecular weight is 424 g/mol. The van der Waals surface area contributed by atoms with E-state index in [2.05, 4.69) is 50.0 Å². The molecule has 0 aromatic heterocycles. The van der Waals surface area contributed by atoms with Crippen LogP contribution in [0.25, 0.3) is 0 Å². The van der Waals surface area contributed by atoms with Gasteiger partial charge in [0.2, 0.25) is 5.91 Å². The van der Waals surface area contributed by atoms with Gasteiger partial charge in [-0.25, -0.2) is 0 Å². The minimum Gasteiger partial charge on any atom is -0.369 e. The van der Waals surface area contributed by atoms with Crippen LogP contribution in [-0.2, 0) is 14.4 Å². The number of carbonyl (C=O) groups excluding carboxylic acids is 3. The third kappa shape index (κ3) is 7.11. The van der Waals surface area contributed by atoms with Crippen molar-refractivity contribution in [2.24, 2.45) is 0 Å². The van der Waals surface area contributed by atoms with Crippen molar-refractivity contribution in [1.82, 2.24) is 10.2 Å². The van der Waals surface area contributed by atoms with Crippen molar-refractivity contribution in [3.63, 3.8) is 0 Å². The maximum absolute atomic E-state index is 12.0. The van der Waals surface area contributed by atoms with Gasteiger partial charge in [-0.2, -0.15) is 0 Å². The molecule has 0 saturated carbocycles. The summed E-state index contributed by atoms with van der Waals surface area (Å²) in [5.74, 6) is -1.53. The largest absolute Gasteiger partial charge is 0.369 e. The van der Waals surface area contributed by atoms with Gasteiger partial charge in [-0.15, -0.1) is 0 Å². The van der Waals surface area contributed by atoms with Gasteiger partial charge in [-0.05, 0) is 49.4 Å². The molecule has 0 unspecified atom stereocenters. The average Bonchev–Trinajstić information content (AvgIpc) is 2.78. The normalized spacial score (nSPS) is 14.0. The van der Waals surface area contributed by atoms with Crippen molar-refractivity contribution in [2.45, 2.75) is 13.3 Å². The van der Waals surface area contributed by atoms with E-state index in [-0.39, 0.29) is 5.91 Å². The van der Waals surface area contributed by atoms with Gasteiger partial charge in [0.1, 0.15) is 0 Å². The van der Waals surface area contributed by atoms with Crippen LogP contribution < -0.4 is 20.9 Å². The molecule has 3 amide bonds. The number of anilines is 3. The predicted molar refractivity (Wildman–Crippen MR) is 122 cm³/mol. The number of hydrogen-bond acceptors (Lipinski definition) is 5. The first-order valence-corrected chi connectivity index (χ1v) is 10.5. The minimum absolute atomic E-state index is 0.172. The number of nitrogens with one attached hydrogen (secondary N) is 3. The molecule has 8 nitrogen and oxygen atoms in total. The van der Waals surface area contributed by atoms with Crippen LogP contribution in [-0.4, -0.2) is 61.9 Å². The van der Waals surface area contributed by atoms with Crippen LogP contribution in [0.2, 0.25) is 0 Å². The van der Waals surface area contributed by atoms with Crippen LogP contribution in [0.1, 0.15) is 13.3 Å². The summed E-state index contributed by atoms with van der Waals surface area (Å²) in [6, 6.07) is 17.0. The number of amides is 3. The summed E-state index contributed by atoms with van der Waals surface area (Å²) in [5, 5.41) is 7.87. The Labute approximate surface area is 182 Å². The zero-order valence-electron chi connectivity index (χ0n) is 17.8. The van der Waals surface area contributed by atoms with Gasteiger partial charge in [0.25, 0.3) is 0 Å². The fourth-order valence-corrected chi connectivity index (χ4v) is 3.48. The lowest BCUT2D eigenvalue weighted by Gasteiger charge is -2.36. The summed E-state index contributed by atoms with van der Waals surface area (Å²) in [7, 11) is 0. The summed E-state index contributed by atoms with van der Waals surface area (Å²) in [4.78, 5) is 39.8. The van der Waals surface area contributed by atoms with Gasteiger partial charge in [-0.3, -0.25) is 19.3 Å². The lowest BCUT2D eigenvalue weighted by molar-refractivity contribution is -0.136. The van der Waals surface area contributed by atoms with E-state index in [1.54, 1.807) is 24.3 Å². The number of rotatable bonds is 7. The van der Waals surface area contributed by atoms with E-state index < -0.39 is 11.8 Å². The molecule has 0 radical (unpaired) electrons. The molecule has 2 aromatic rings. The minimum atomic E-state index is -0.705. The van der Waals surface area contributed by atoms with Crippen LogP contribution in [0.3, 0.4) is 0 Å². The Bertz CT molecular complexity index is 878. The molecule has 0 bridgehead atoms. The summed E-state index contributed by atoms with van der Waals surface area (Å²) >= 11 is 0. The summed E-state index contributed by atoms with van der Waals surface area (Å²) in [5.41, 5.74) is 2.37. The quantitative estimate of drug-likeness (QED) is 0.467. The molecular formula is C23H29N5O3. The molecule has 3 N–H and O–H groups in total. The highest BCUT2D eigenvalue weighted by Gasteiger charge is 2.17. The van der Waals surface area contributed by atoms with E-state index in [1.165, 1.54) is 12.6 Å². The molecule has 0 spiro atoms. The summed E-state index contributed by atoms with van der Waals surface area (Å²) < 4.78 is 0. The second-order valence-electron chi connectivity index (χ2n) is 7.49. The smallest absolute Gasteiger partial charge is 0.313 e. The van der Waals surface area contributed by atoms with Crippen molar-refractivity contribution >= 4 is 34.8 Å². The molecular weight excluding hydrogens is 394 g/mol. The molecule has 2 aromatic carbocycles. The summed E-state index contributed by atoms with van der Waals surface area (Å²) in [6.07, 6.45) is 0.787. The van der Waals surface area contributed by atoms with Crippen LogP contribution in [0.5, 0.6) is 0 Å². The van der Waals surface area contributed by atoms with E-state index in [4.69, 9.17) is 0 Å². The molecule has 1 saturated heterocycles. The zero-order chi connectivity index (χ0) is 22.1. The molecule has 1 aliphatic heterocycles. The van der Waals surface area contributed by atoms with E-state index in [0.29, 0.717) is 17.9 Å². The molecule has 0 atom stereocenters. The Morgan fingerprint density at radius 1 is 0.806 bits per heavy atom. The first-order chi connectivity index (χ1) is 15.0. The Morgan fingerprint density at radius 2 is 1.42 bits per heavy atom. The Kier molecular flexibility index (Phi) is 8.00. The molecule has 164 valence electrons. The van der Waals surface area contributed by atoms with E-state index >= 15 is 0 Å². The number of carbonyl (C=O) groups is 3. The molecule has 1 aliphatic rings. The third-order valence-electron chi connectivity index (χ3n) is 5.10. The monoisotopic (exact) mass is 423 g/mol. The van der Waals surface area contributed by atoms with Crippen molar-refractivity contribution in [3.8, 4) is 0 Å². The maximum atomic E-state index is 12.0. The topological polar surface area (TPSA) is 93.8 Å². The first kappa shape index (κ1) is 22.3. The summed E-state index contributed by atoms with van der Waals surface area (Å²) in [6.45, 7) is 6.70. The van der Waals surface area contributed by atoms with Gasteiger partial charge in [0, 0.05) is 56.7 Å². The molecule has 0 aliphatic carbocycles. The number of nitrogens with zero attached hydrogens (tertiary/aromatic N) is 2. The van der Waals surface area contributed by atoms with Crippen LogP contribution in [0.15, 0.2) is 54.6 Å². The van der Waals surface area contributed by atoms with Gasteiger partial charge >= 0.3 is 11.8 Å². The molecule has 1 fully saturated rings. The number of hydrogen-bond donors (Lipinski definition) is 3. The van der Waals surface area contributed by atoms with Gasteiger partial charge in [0.15, 0.2) is 0 Å². The standard InChI is InChI=1S/C23H29N5O3/c1-18(29)25-19-8-10-20(11-9-19)26-23(31)22(30)24-12-5-13-27-14-16-28(17-15-27)21-6-3-2-4-7-21/h2-4,6-11H,5,12-17H2,1H3,(H,24,30)(H,25,29)(H,26,31). The van der Waals surface area contributed by atoms with E-state index in [1.807, 2.05) is 6.07 Å². The van der Waals surface area contributed by atoms with Crippen molar-refractivity contribution in [2.75, 3.05) is 54.8 Å². The molecule has 1 heterocycles. The lowest BCUT2D eigenvalue weighted by atomic mass is 10.2. The van der Waals surface area contributed by atoms with Gasteiger partial charge < -0.3 is 20.9 Å². The second kappa shape index (κ2) is 11.1. The van der Waals surface area contributed by atoms with Crippen LogP contribution in [0.4, 0.5) is 17.1 Å². The third-order valence-corrected chi connectivity index (χ3v) is 5.10. The Balaban J connectivity index is 1.31. The van der Waals surface area contributed by atoms with Crippen LogP contribution >= 0.6 is 0 Å². The second-order valence-corrected chi connectivity index (χ2v) is 7.49. The fraction of sp³-hybridized carbons (Fsp3) is 0.348. The van der Waals surface area contributed by atoms with Gasteiger partial charge in [0.05, 0.1) is 0 Å². The van der Waals surface area contributed by atoms with Crippen molar-refractivity contribution in [1.29, 1.82) is 0 Å². The van der Waals surface area contributed by atoms with Crippen LogP contribution in [0, 0.1) is 0 Å².